The number of amides is 1. The van der Waals surface area contributed by atoms with Crippen LogP contribution >= 0.6 is 0 Å². The summed E-state index contributed by atoms with van der Waals surface area (Å²) in [4.78, 5) is 14.8. The normalized spacial score (nSPS) is 23.4. The molecule has 0 unspecified atom stereocenters. The zero-order valence-corrected chi connectivity index (χ0v) is 13.8. The van der Waals surface area contributed by atoms with Gasteiger partial charge in [0.25, 0.3) is 0 Å². The van der Waals surface area contributed by atoms with Gasteiger partial charge in [-0.05, 0) is 36.8 Å². The van der Waals surface area contributed by atoms with Gasteiger partial charge < -0.3 is 4.90 Å². The van der Waals surface area contributed by atoms with Crippen LogP contribution in [0, 0.1) is 5.92 Å². The van der Waals surface area contributed by atoms with Crippen LogP contribution in [-0.4, -0.2) is 43.3 Å². The highest BCUT2D eigenvalue weighted by atomic mass is 32.2. The van der Waals surface area contributed by atoms with Gasteiger partial charge in [0.1, 0.15) is 0 Å². The van der Waals surface area contributed by atoms with Gasteiger partial charge in [0.05, 0.1) is 17.4 Å². The molecule has 3 rings (SSSR count). The largest absolute Gasteiger partial charge is 0.339 e. The predicted molar refractivity (Wildman–Crippen MR) is 86.4 cm³/mol. The van der Waals surface area contributed by atoms with E-state index in [1.54, 1.807) is 0 Å². The molecule has 0 radical (unpaired) electrons. The first kappa shape index (κ1) is 15.5. The molecule has 0 saturated carbocycles. The minimum Gasteiger partial charge on any atom is -0.339 e. The van der Waals surface area contributed by atoms with Crippen LogP contribution in [0.2, 0.25) is 0 Å². The summed E-state index contributed by atoms with van der Waals surface area (Å²) in [6.45, 7) is 2.78. The van der Waals surface area contributed by atoms with Gasteiger partial charge in [-0.25, -0.2) is 8.42 Å². The lowest BCUT2D eigenvalue weighted by atomic mass is 10.0. The highest BCUT2D eigenvalue weighted by Crippen LogP contribution is 2.28. The Balaban J connectivity index is 1.75. The molecule has 1 fully saturated rings. The molecule has 1 saturated heterocycles. The summed E-state index contributed by atoms with van der Waals surface area (Å²) in [5.74, 6) is -0.0963. The highest BCUT2D eigenvalue weighted by molar-refractivity contribution is 7.91. The molecule has 1 atom stereocenters. The van der Waals surface area contributed by atoms with Crippen molar-refractivity contribution in [2.75, 3.05) is 18.1 Å². The molecule has 0 aromatic heterocycles. The molecule has 1 heterocycles. The van der Waals surface area contributed by atoms with Crippen molar-refractivity contribution in [1.82, 2.24) is 4.90 Å². The smallest absolute Gasteiger partial charge is 0.227 e. The van der Waals surface area contributed by atoms with Crippen molar-refractivity contribution in [2.24, 2.45) is 5.92 Å². The van der Waals surface area contributed by atoms with Crippen LogP contribution in [0.25, 0.3) is 0 Å². The van der Waals surface area contributed by atoms with Crippen LogP contribution in [0.15, 0.2) is 24.3 Å². The van der Waals surface area contributed by atoms with Gasteiger partial charge in [0.15, 0.2) is 9.84 Å². The van der Waals surface area contributed by atoms with Crippen molar-refractivity contribution in [3.8, 4) is 0 Å². The number of fused-ring (bicyclic) bond motifs is 1. The van der Waals surface area contributed by atoms with Crippen LogP contribution in [-0.2, 0) is 27.5 Å². The number of sulfone groups is 1. The Labute approximate surface area is 132 Å². The first-order valence-corrected chi connectivity index (χ1v) is 9.90. The maximum absolute atomic E-state index is 12.8. The van der Waals surface area contributed by atoms with Crippen molar-refractivity contribution in [1.29, 1.82) is 0 Å². The van der Waals surface area contributed by atoms with Crippen LogP contribution in [0.1, 0.15) is 30.9 Å². The molecule has 0 spiro atoms. The Morgan fingerprint density at radius 2 is 1.86 bits per heavy atom. The summed E-state index contributed by atoms with van der Waals surface area (Å²) in [6, 6.07) is 8.52. The maximum Gasteiger partial charge on any atom is 0.227 e. The first-order valence-electron chi connectivity index (χ1n) is 8.08. The summed E-state index contributed by atoms with van der Waals surface area (Å²) >= 11 is 0. The number of hydrogen-bond acceptors (Lipinski definition) is 3. The van der Waals surface area contributed by atoms with Gasteiger partial charge >= 0.3 is 0 Å². The van der Waals surface area contributed by atoms with E-state index in [0.29, 0.717) is 13.0 Å². The van der Waals surface area contributed by atoms with Crippen molar-refractivity contribution in [3.05, 3.63) is 35.4 Å². The lowest BCUT2D eigenvalue weighted by molar-refractivity contribution is -0.137. The van der Waals surface area contributed by atoms with E-state index in [9.17, 15) is 13.2 Å². The van der Waals surface area contributed by atoms with Gasteiger partial charge in [-0.3, -0.25) is 4.79 Å². The number of carbonyl (C=O) groups excluding carboxylic acids is 1. The average molecular weight is 321 g/mol. The molecule has 2 aliphatic rings. The molecule has 0 N–H and O–H groups in total. The summed E-state index contributed by atoms with van der Waals surface area (Å²) in [5, 5.41) is 0. The predicted octanol–water partition coefficient (Wildman–Crippen LogP) is 1.83. The van der Waals surface area contributed by atoms with E-state index in [1.807, 2.05) is 17.0 Å². The Morgan fingerprint density at radius 1 is 1.23 bits per heavy atom. The highest BCUT2D eigenvalue weighted by Gasteiger charge is 2.38. The number of benzene rings is 1. The third kappa shape index (κ3) is 3.05. The number of nitrogens with zero attached hydrogens (tertiary/aromatic N) is 1. The quantitative estimate of drug-likeness (QED) is 0.850. The van der Waals surface area contributed by atoms with E-state index in [4.69, 9.17) is 0 Å². The first-order chi connectivity index (χ1) is 10.5. The fourth-order valence-corrected chi connectivity index (χ4v) is 5.43. The third-order valence-electron chi connectivity index (χ3n) is 4.80. The Hall–Kier alpha value is -1.36. The van der Waals surface area contributed by atoms with Gasteiger partial charge in [0, 0.05) is 12.6 Å². The summed E-state index contributed by atoms with van der Waals surface area (Å²) in [5.41, 5.74) is 2.64. The molecule has 1 aliphatic carbocycles. The summed E-state index contributed by atoms with van der Waals surface area (Å²) in [6.07, 6.45) is 3.17. The third-order valence-corrected chi connectivity index (χ3v) is 6.57. The SMILES string of the molecule is CCCN(C(=O)[C@@H]1CCS(=O)(=O)C1)C1Cc2ccccc2C1. The van der Waals surface area contributed by atoms with Crippen molar-refractivity contribution in [3.63, 3.8) is 0 Å². The Morgan fingerprint density at radius 3 is 2.36 bits per heavy atom. The fraction of sp³-hybridized carbons (Fsp3) is 0.588. The Kier molecular flexibility index (Phi) is 4.26. The van der Waals surface area contributed by atoms with Crippen LogP contribution in [0.3, 0.4) is 0 Å². The van der Waals surface area contributed by atoms with Crippen molar-refractivity contribution in [2.45, 2.75) is 38.6 Å². The molecule has 22 heavy (non-hydrogen) atoms. The lowest BCUT2D eigenvalue weighted by Crippen LogP contribution is -2.45. The van der Waals surface area contributed by atoms with E-state index in [2.05, 4.69) is 19.1 Å². The molecule has 120 valence electrons. The molecule has 1 aliphatic heterocycles. The second kappa shape index (κ2) is 6.03. The second-order valence-electron chi connectivity index (χ2n) is 6.46. The molecule has 1 amide bonds. The van der Waals surface area contributed by atoms with Crippen LogP contribution < -0.4 is 0 Å². The zero-order chi connectivity index (χ0) is 15.7. The van der Waals surface area contributed by atoms with E-state index in [0.717, 1.165) is 19.3 Å². The number of rotatable bonds is 4. The van der Waals surface area contributed by atoms with E-state index >= 15 is 0 Å². The molecule has 0 bridgehead atoms. The van der Waals surface area contributed by atoms with Gasteiger partial charge in [-0.1, -0.05) is 31.2 Å². The van der Waals surface area contributed by atoms with Gasteiger partial charge in [0.2, 0.25) is 5.91 Å². The van der Waals surface area contributed by atoms with Crippen molar-refractivity contribution >= 4 is 15.7 Å². The van der Waals surface area contributed by atoms with Crippen LogP contribution in [0.5, 0.6) is 0 Å². The second-order valence-corrected chi connectivity index (χ2v) is 8.69. The average Bonchev–Trinajstić information content (AvgIpc) is 3.06. The minimum absolute atomic E-state index is 0.0334. The van der Waals surface area contributed by atoms with Gasteiger partial charge in [-0.2, -0.15) is 0 Å². The fourth-order valence-electron chi connectivity index (χ4n) is 3.69. The van der Waals surface area contributed by atoms with Crippen LogP contribution in [0.4, 0.5) is 0 Å². The van der Waals surface area contributed by atoms with Gasteiger partial charge in [-0.15, -0.1) is 0 Å². The van der Waals surface area contributed by atoms with E-state index < -0.39 is 9.84 Å². The van der Waals surface area contributed by atoms with Crippen molar-refractivity contribution < 1.29 is 13.2 Å². The topological polar surface area (TPSA) is 54.5 Å². The molecule has 1 aromatic rings. The molecular formula is C17H23NO3S. The summed E-state index contributed by atoms with van der Waals surface area (Å²) < 4.78 is 23.3. The lowest BCUT2D eigenvalue weighted by Gasteiger charge is -2.31. The number of hydrogen-bond donors (Lipinski definition) is 0. The minimum atomic E-state index is -3.01. The summed E-state index contributed by atoms with van der Waals surface area (Å²) in [7, 11) is -3.01. The maximum atomic E-state index is 12.8. The number of carbonyl (C=O) groups is 1. The molecular weight excluding hydrogens is 298 g/mol. The monoisotopic (exact) mass is 321 g/mol. The van der Waals surface area contributed by atoms with E-state index in [1.165, 1.54) is 11.1 Å². The van der Waals surface area contributed by atoms with E-state index in [-0.39, 0.29) is 29.4 Å². The molecule has 5 heteroatoms. The molecule has 1 aromatic carbocycles. The standard InChI is InChI=1S/C17H23NO3S/c1-2-8-18(17(19)15-7-9-22(20,21)12-15)16-10-13-5-3-4-6-14(13)11-16/h3-6,15-16H,2,7-12H2,1H3/t15-/m1/s1. The Bertz CT molecular complexity index is 643. The molecule has 4 nitrogen and oxygen atoms in total. The zero-order valence-electron chi connectivity index (χ0n) is 13.0.